The van der Waals surface area contributed by atoms with Crippen molar-refractivity contribution in [3.63, 3.8) is 0 Å². The Morgan fingerprint density at radius 3 is 2.03 bits per heavy atom. The standard InChI is InChI=1S/C13H16N4O.C8H5FN2O/c1-16-4-6-17(7-5-16)10-2-3-11-12(8-10)14-9-15-13(11)18;9-5-1-2-6-7(3-5)10-4-11-8(6)12/h2-3,8-9H,4-7H2,1H3,(H,14,15,18);1-4H,(H,10,11,12). The highest BCUT2D eigenvalue weighted by atomic mass is 19.1. The summed E-state index contributed by atoms with van der Waals surface area (Å²) in [6, 6.07) is 9.73. The summed E-state index contributed by atoms with van der Waals surface area (Å²) in [7, 11) is 2.14. The molecule has 1 fully saturated rings. The second-order valence-electron chi connectivity index (χ2n) is 7.12. The molecule has 30 heavy (non-hydrogen) atoms. The van der Waals surface area contributed by atoms with E-state index in [9.17, 15) is 14.0 Å². The summed E-state index contributed by atoms with van der Waals surface area (Å²) in [6.45, 7) is 4.18. The minimum atomic E-state index is -0.388. The molecule has 0 aliphatic carbocycles. The second kappa shape index (κ2) is 8.42. The molecular formula is C21H21FN6O2. The third kappa shape index (κ3) is 4.20. The van der Waals surface area contributed by atoms with Gasteiger partial charge in [-0.3, -0.25) is 9.59 Å². The van der Waals surface area contributed by atoms with Crippen LogP contribution in [0.5, 0.6) is 0 Å². The van der Waals surface area contributed by atoms with Crippen molar-refractivity contribution in [2.75, 3.05) is 38.1 Å². The number of nitrogens with zero attached hydrogens (tertiary/aromatic N) is 4. The van der Waals surface area contributed by atoms with Gasteiger partial charge in [-0.2, -0.15) is 0 Å². The Bertz CT molecular complexity index is 1290. The zero-order valence-electron chi connectivity index (χ0n) is 16.4. The third-order valence-electron chi connectivity index (χ3n) is 5.10. The van der Waals surface area contributed by atoms with Crippen LogP contribution in [0.2, 0.25) is 0 Å². The lowest BCUT2D eigenvalue weighted by Gasteiger charge is -2.34. The molecule has 0 bridgehead atoms. The number of aromatic amines is 2. The Morgan fingerprint density at radius 2 is 1.40 bits per heavy atom. The number of anilines is 1. The molecule has 0 atom stereocenters. The lowest BCUT2D eigenvalue weighted by Crippen LogP contribution is -2.44. The maximum absolute atomic E-state index is 12.6. The van der Waals surface area contributed by atoms with Crippen LogP contribution in [0.25, 0.3) is 21.8 Å². The monoisotopic (exact) mass is 408 g/mol. The van der Waals surface area contributed by atoms with Crippen molar-refractivity contribution >= 4 is 27.5 Å². The van der Waals surface area contributed by atoms with E-state index >= 15 is 0 Å². The highest BCUT2D eigenvalue weighted by Gasteiger charge is 2.14. The SMILES string of the molecule is CN1CCN(c2ccc3c(=O)[nH]cnc3c2)CC1.O=c1[nH]cnc2cc(F)ccc12. The number of halogens is 1. The number of likely N-dealkylation sites (N-methyl/N-ethyl adjacent to an activating group) is 1. The average molecular weight is 408 g/mol. The predicted octanol–water partition coefficient (Wildman–Crippen LogP) is 1.74. The van der Waals surface area contributed by atoms with Gasteiger partial charge in [0.15, 0.2) is 0 Å². The van der Waals surface area contributed by atoms with Crippen molar-refractivity contribution in [1.29, 1.82) is 0 Å². The van der Waals surface area contributed by atoms with Gasteiger partial charge in [0.05, 0.1) is 34.5 Å². The van der Waals surface area contributed by atoms with Gasteiger partial charge in [0.25, 0.3) is 11.1 Å². The number of hydrogen-bond acceptors (Lipinski definition) is 6. The van der Waals surface area contributed by atoms with Gasteiger partial charge in [-0.15, -0.1) is 0 Å². The first-order chi connectivity index (χ1) is 14.5. The molecule has 1 aliphatic heterocycles. The zero-order valence-corrected chi connectivity index (χ0v) is 16.4. The van der Waals surface area contributed by atoms with Crippen molar-refractivity contribution in [1.82, 2.24) is 24.8 Å². The van der Waals surface area contributed by atoms with Crippen molar-refractivity contribution in [2.45, 2.75) is 0 Å². The van der Waals surface area contributed by atoms with Gasteiger partial charge >= 0.3 is 0 Å². The molecular weight excluding hydrogens is 387 g/mol. The smallest absolute Gasteiger partial charge is 0.258 e. The Balaban J connectivity index is 0.000000158. The molecule has 2 aromatic heterocycles. The minimum absolute atomic E-state index is 0.0788. The molecule has 4 aromatic rings. The summed E-state index contributed by atoms with van der Waals surface area (Å²) in [5.74, 6) is -0.388. The summed E-state index contributed by atoms with van der Waals surface area (Å²) in [6.07, 6.45) is 2.71. The molecule has 9 heteroatoms. The van der Waals surface area contributed by atoms with E-state index in [1.54, 1.807) is 0 Å². The van der Waals surface area contributed by atoms with Gasteiger partial charge in [-0.25, -0.2) is 14.4 Å². The maximum Gasteiger partial charge on any atom is 0.258 e. The molecule has 8 nitrogen and oxygen atoms in total. The highest BCUT2D eigenvalue weighted by Crippen LogP contribution is 2.19. The van der Waals surface area contributed by atoms with Crippen LogP contribution in [0, 0.1) is 5.82 Å². The molecule has 2 N–H and O–H groups in total. The van der Waals surface area contributed by atoms with Gasteiger partial charge in [0, 0.05) is 37.9 Å². The Kier molecular flexibility index (Phi) is 5.53. The fourth-order valence-corrected chi connectivity index (χ4v) is 3.36. The van der Waals surface area contributed by atoms with Gasteiger partial charge < -0.3 is 19.8 Å². The molecule has 0 saturated carbocycles. The summed E-state index contributed by atoms with van der Waals surface area (Å²) in [4.78, 5) is 40.3. The van der Waals surface area contributed by atoms with Crippen molar-refractivity contribution in [3.05, 3.63) is 75.6 Å². The van der Waals surface area contributed by atoms with Crippen LogP contribution >= 0.6 is 0 Å². The van der Waals surface area contributed by atoms with E-state index in [4.69, 9.17) is 0 Å². The molecule has 0 unspecified atom stereocenters. The zero-order chi connectivity index (χ0) is 21.1. The van der Waals surface area contributed by atoms with E-state index in [0.717, 1.165) is 37.4 Å². The lowest BCUT2D eigenvalue weighted by molar-refractivity contribution is 0.313. The van der Waals surface area contributed by atoms with Crippen LogP contribution in [-0.2, 0) is 0 Å². The normalized spacial score (nSPS) is 14.5. The van der Waals surface area contributed by atoms with E-state index < -0.39 is 0 Å². The maximum atomic E-state index is 12.6. The molecule has 0 amide bonds. The third-order valence-corrected chi connectivity index (χ3v) is 5.10. The first kappa shape index (κ1) is 19.7. The second-order valence-corrected chi connectivity index (χ2v) is 7.12. The van der Waals surface area contributed by atoms with E-state index in [0.29, 0.717) is 16.3 Å². The van der Waals surface area contributed by atoms with Gasteiger partial charge in [0.2, 0.25) is 0 Å². The fourth-order valence-electron chi connectivity index (χ4n) is 3.36. The van der Waals surface area contributed by atoms with E-state index in [1.807, 2.05) is 18.2 Å². The van der Waals surface area contributed by atoms with E-state index in [1.165, 1.54) is 30.9 Å². The molecule has 154 valence electrons. The van der Waals surface area contributed by atoms with Crippen molar-refractivity contribution < 1.29 is 4.39 Å². The Hall–Kier alpha value is -3.59. The topological polar surface area (TPSA) is 98.0 Å². The van der Waals surface area contributed by atoms with Crippen LogP contribution in [0.4, 0.5) is 10.1 Å². The van der Waals surface area contributed by atoms with Crippen LogP contribution in [0.3, 0.4) is 0 Å². The molecule has 0 spiro atoms. The van der Waals surface area contributed by atoms with Gasteiger partial charge in [0.1, 0.15) is 5.82 Å². The van der Waals surface area contributed by atoms with Crippen LogP contribution in [0.1, 0.15) is 0 Å². The average Bonchev–Trinajstić information content (AvgIpc) is 2.75. The largest absolute Gasteiger partial charge is 0.369 e. The number of fused-ring (bicyclic) bond motifs is 2. The molecule has 0 radical (unpaired) electrons. The molecule has 1 saturated heterocycles. The molecule has 2 aromatic carbocycles. The van der Waals surface area contributed by atoms with Crippen LogP contribution < -0.4 is 16.0 Å². The summed E-state index contributed by atoms with van der Waals surface area (Å²) >= 11 is 0. The number of rotatable bonds is 1. The van der Waals surface area contributed by atoms with Crippen LogP contribution in [0.15, 0.2) is 58.6 Å². The van der Waals surface area contributed by atoms with Crippen molar-refractivity contribution in [2.24, 2.45) is 0 Å². The van der Waals surface area contributed by atoms with Gasteiger partial charge in [-0.05, 0) is 37.4 Å². The van der Waals surface area contributed by atoms with Gasteiger partial charge in [-0.1, -0.05) is 0 Å². The number of hydrogen-bond donors (Lipinski definition) is 2. The molecule has 5 rings (SSSR count). The summed E-state index contributed by atoms with van der Waals surface area (Å²) < 4.78 is 12.6. The van der Waals surface area contributed by atoms with E-state index in [-0.39, 0.29) is 16.9 Å². The van der Waals surface area contributed by atoms with E-state index in [2.05, 4.69) is 36.8 Å². The first-order valence-electron chi connectivity index (χ1n) is 9.55. The molecule has 1 aliphatic rings. The predicted molar refractivity (Wildman–Crippen MR) is 114 cm³/mol. The number of nitrogens with one attached hydrogen (secondary N) is 2. The first-order valence-corrected chi connectivity index (χ1v) is 9.55. The molecule has 3 heterocycles. The Morgan fingerprint density at radius 1 is 0.833 bits per heavy atom. The number of H-pyrrole nitrogens is 2. The minimum Gasteiger partial charge on any atom is -0.369 e. The lowest BCUT2D eigenvalue weighted by atomic mass is 10.2. The quantitative estimate of drug-likeness (QED) is 0.498. The fraction of sp³-hybridized carbons (Fsp3) is 0.238. The number of benzene rings is 2. The van der Waals surface area contributed by atoms with Crippen LogP contribution in [-0.4, -0.2) is 58.1 Å². The number of aromatic nitrogens is 4. The van der Waals surface area contributed by atoms with Crippen molar-refractivity contribution in [3.8, 4) is 0 Å². The number of piperazine rings is 1. The summed E-state index contributed by atoms with van der Waals surface area (Å²) in [5.41, 5.74) is 1.95. The Labute approximate surface area is 171 Å². The highest BCUT2D eigenvalue weighted by molar-refractivity contribution is 5.81. The summed E-state index contributed by atoms with van der Waals surface area (Å²) in [5, 5.41) is 1.05.